The Balaban J connectivity index is 2.97. The van der Waals surface area contributed by atoms with Gasteiger partial charge in [0.15, 0.2) is 0 Å². The van der Waals surface area contributed by atoms with Crippen molar-refractivity contribution in [1.82, 2.24) is 5.32 Å². The monoisotopic (exact) mass is 265 g/mol. The van der Waals surface area contributed by atoms with Crippen LogP contribution >= 0.6 is 0 Å². The van der Waals surface area contributed by atoms with Gasteiger partial charge in [-0.05, 0) is 30.9 Å². The van der Waals surface area contributed by atoms with Gasteiger partial charge in [0.25, 0.3) is 0 Å². The van der Waals surface area contributed by atoms with Gasteiger partial charge in [0.2, 0.25) is 0 Å². The molecule has 0 bridgehead atoms. The molecule has 0 saturated carbocycles. The predicted molar refractivity (Wildman–Crippen MR) is 79.7 cm³/mol. The highest BCUT2D eigenvalue weighted by Gasteiger charge is 2.18. The number of benzene rings is 1. The summed E-state index contributed by atoms with van der Waals surface area (Å²) in [5.41, 5.74) is 2.24. The Morgan fingerprint density at radius 2 is 1.79 bits per heavy atom. The number of methoxy groups -OCH3 is 1. The van der Waals surface area contributed by atoms with Crippen molar-refractivity contribution in [3.63, 3.8) is 0 Å². The van der Waals surface area contributed by atoms with Crippen LogP contribution in [0.4, 0.5) is 0 Å². The van der Waals surface area contributed by atoms with E-state index in [1.165, 1.54) is 5.56 Å². The van der Waals surface area contributed by atoms with Gasteiger partial charge in [-0.1, -0.05) is 32.9 Å². The van der Waals surface area contributed by atoms with Crippen LogP contribution in [0.2, 0.25) is 0 Å². The molecule has 0 radical (unpaired) electrons. The fourth-order valence-electron chi connectivity index (χ4n) is 1.77. The summed E-state index contributed by atoms with van der Waals surface area (Å²) in [6.07, 6.45) is 0. The molecule has 108 valence electrons. The van der Waals surface area contributed by atoms with Gasteiger partial charge >= 0.3 is 0 Å². The van der Waals surface area contributed by atoms with Gasteiger partial charge in [-0.3, -0.25) is 0 Å². The topological polar surface area (TPSA) is 41.5 Å². The number of aliphatic hydroxyl groups excluding tert-OH is 1. The van der Waals surface area contributed by atoms with Crippen LogP contribution in [0.1, 0.15) is 45.7 Å². The molecule has 0 aliphatic carbocycles. The normalized spacial score (nSPS) is 12.6. The van der Waals surface area contributed by atoms with Crippen molar-refractivity contribution in [2.75, 3.05) is 13.7 Å². The molecule has 1 aromatic rings. The minimum Gasteiger partial charge on any atom is -0.496 e. The minimum absolute atomic E-state index is 0.105. The summed E-state index contributed by atoms with van der Waals surface area (Å²) in [5.74, 6) is 0.884. The number of nitrogens with one attached hydrogen (secondary N) is 1. The highest BCUT2D eigenvalue weighted by atomic mass is 16.5. The Morgan fingerprint density at radius 3 is 2.26 bits per heavy atom. The third kappa shape index (κ3) is 4.51. The molecule has 0 aliphatic rings. The summed E-state index contributed by atoms with van der Waals surface area (Å²) in [6.45, 7) is 11.3. The largest absolute Gasteiger partial charge is 0.496 e. The van der Waals surface area contributed by atoms with Gasteiger partial charge in [-0.25, -0.2) is 0 Å². The number of hydrogen-bond acceptors (Lipinski definition) is 3. The molecule has 0 atom stereocenters. The second-order valence-electron chi connectivity index (χ2n) is 6.67. The van der Waals surface area contributed by atoms with Crippen LogP contribution in [-0.4, -0.2) is 24.4 Å². The molecule has 0 spiro atoms. The van der Waals surface area contributed by atoms with Gasteiger partial charge in [0.1, 0.15) is 5.75 Å². The third-order valence-electron chi connectivity index (χ3n) is 3.30. The minimum atomic E-state index is -0.289. The summed E-state index contributed by atoms with van der Waals surface area (Å²) in [4.78, 5) is 0. The maximum absolute atomic E-state index is 9.29. The molecule has 19 heavy (non-hydrogen) atoms. The molecule has 2 N–H and O–H groups in total. The molecule has 0 unspecified atom stereocenters. The highest BCUT2D eigenvalue weighted by Crippen LogP contribution is 2.28. The molecule has 0 aromatic heterocycles. The highest BCUT2D eigenvalue weighted by molar-refractivity contribution is 5.39. The molecule has 0 saturated heterocycles. The van der Waals surface area contributed by atoms with Crippen molar-refractivity contribution < 1.29 is 9.84 Å². The molecule has 3 nitrogen and oxygen atoms in total. The van der Waals surface area contributed by atoms with E-state index in [-0.39, 0.29) is 17.6 Å². The average molecular weight is 265 g/mol. The zero-order chi connectivity index (χ0) is 14.7. The van der Waals surface area contributed by atoms with E-state index in [1.54, 1.807) is 7.11 Å². The van der Waals surface area contributed by atoms with Crippen LogP contribution in [-0.2, 0) is 12.0 Å². The molecule has 1 rings (SSSR count). The summed E-state index contributed by atoms with van der Waals surface area (Å²) >= 11 is 0. The fraction of sp³-hybridized carbons (Fsp3) is 0.625. The van der Waals surface area contributed by atoms with E-state index in [4.69, 9.17) is 4.74 Å². The first-order valence-corrected chi connectivity index (χ1v) is 6.73. The predicted octanol–water partition coefficient (Wildman–Crippen LogP) is 2.85. The SMILES string of the molecule is COc1ccc(C(C)(C)C)cc1CNC(C)(C)CO. The van der Waals surface area contributed by atoms with Crippen molar-refractivity contribution in [1.29, 1.82) is 0 Å². The summed E-state index contributed by atoms with van der Waals surface area (Å²) in [7, 11) is 1.69. The van der Waals surface area contributed by atoms with Crippen LogP contribution in [0.15, 0.2) is 18.2 Å². The van der Waals surface area contributed by atoms with E-state index >= 15 is 0 Å². The number of hydrogen-bond donors (Lipinski definition) is 2. The van der Waals surface area contributed by atoms with Crippen molar-refractivity contribution >= 4 is 0 Å². The van der Waals surface area contributed by atoms with E-state index < -0.39 is 0 Å². The molecule has 1 aromatic carbocycles. The lowest BCUT2D eigenvalue weighted by Gasteiger charge is -2.25. The maximum Gasteiger partial charge on any atom is 0.123 e. The van der Waals surface area contributed by atoms with Gasteiger partial charge < -0.3 is 15.2 Å². The van der Waals surface area contributed by atoms with Gasteiger partial charge in [-0.2, -0.15) is 0 Å². The first-order chi connectivity index (χ1) is 8.69. The molecular weight excluding hydrogens is 238 g/mol. The van der Waals surface area contributed by atoms with Gasteiger partial charge in [0.05, 0.1) is 13.7 Å². The van der Waals surface area contributed by atoms with Crippen LogP contribution < -0.4 is 10.1 Å². The van der Waals surface area contributed by atoms with E-state index in [0.717, 1.165) is 11.3 Å². The zero-order valence-electron chi connectivity index (χ0n) is 13.0. The lowest BCUT2D eigenvalue weighted by molar-refractivity contribution is 0.187. The van der Waals surface area contributed by atoms with Crippen LogP contribution in [0.5, 0.6) is 5.75 Å². The molecule has 0 fully saturated rings. The summed E-state index contributed by atoms with van der Waals surface area (Å²) in [5, 5.41) is 12.6. The van der Waals surface area contributed by atoms with Crippen LogP contribution in [0.25, 0.3) is 0 Å². The molecular formula is C16H27NO2. The number of ether oxygens (including phenoxy) is 1. The maximum atomic E-state index is 9.29. The second-order valence-corrected chi connectivity index (χ2v) is 6.67. The Bertz CT molecular complexity index is 419. The Kier molecular flexibility index (Phi) is 4.99. The lowest BCUT2D eigenvalue weighted by atomic mass is 9.86. The summed E-state index contributed by atoms with van der Waals surface area (Å²) < 4.78 is 5.41. The first-order valence-electron chi connectivity index (χ1n) is 6.73. The van der Waals surface area contributed by atoms with Crippen molar-refractivity contribution in [2.24, 2.45) is 0 Å². The van der Waals surface area contributed by atoms with E-state index in [0.29, 0.717) is 6.54 Å². The van der Waals surface area contributed by atoms with Gasteiger partial charge in [-0.15, -0.1) is 0 Å². The second kappa shape index (κ2) is 5.93. The summed E-state index contributed by atoms with van der Waals surface area (Å²) in [6, 6.07) is 6.31. The Labute approximate surface area is 117 Å². The first kappa shape index (κ1) is 16.0. The number of aliphatic hydroxyl groups is 1. The van der Waals surface area contributed by atoms with Crippen molar-refractivity contribution in [3.8, 4) is 5.75 Å². The standard InChI is InChI=1S/C16H27NO2/c1-15(2,3)13-7-8-14(19-6)12(9-13)10-17-16(4,5)11-18/h7-9,17-18H,10-11H2,1-6H3. The van der Waals surface area contributed by atoms with Crippen molar-refractivity contribution in [2.45, 2.75) is 52.1 Å². The zero-order valence-corrected chi connectivity index (χ0v) is 13.0. The van der Waals surface area contributed by atoms with E-state index in [2.05, 4.69) is 38.2 Å². The molecule has 0 amide bonds. The van der Waals surface area contributed by atoms with E-state index in [9.17, 15) is 5.11 Å². The van der Waals surface area contributed by atoms with Crippen molar-refractivity contribution in [3.05, 3.63) is 29.3 Å². The number of rotatable bonds is 5. The fourth-order valence-corrected chi connectivity index (χ4v) is 1.77. The molecule has 3 heteroatoms. The van der Waals surface area contributed by atoms with E-state index in [1.807, 2.05) is 19.9 Å². The average Bonchev–Trinajstić information content (AvgIpc) is 2.35. The molecule has 0 aliphatic heterocycles. The smallest absolute Gasteiger partial charge is 0.123 e. The van der Waals surface area contributed by atoms with Crippen LogP contribution in [0, 0.1) is 0 Å². The van der Waals surface area contributed by atoms with Gasteiger partial charge in [0, 0.05) is 17.6 Å². The quantitative estimate of drug-likeness (QED) is 0.860. The lowest BCUT2D eigenvalue weighted by Crippen LogP contribution is -2.42. The Morgan fingerprint density at radius 1 is 1.16 bits per heavy atom. The third-order valence-corrected chi connectivity index (χ3v) is 3.30. The molecule has 0 heterocycles. The van der Waals surface area contributed by atoms with Crippen LogP contribution in [0.3, 0.4) is 0 Å². The Hall–Kier alpha value is -1.06.